The topological polar surface area (TPSA) is 75.5 Å². The van der Waals surface area contributed by atoms with Crippen LogP contribution in [0.25, 0.3) is 0 Å². The van der Waals surface area contributed by atoms with Gasteiger partial charge >= 0.3 is 12.1 Å². The highest BCUT2D eigenvalue weighted by atomic mass is 19.4. The number of carboxylic acid groups (broad SMARTS) is 1. The Labute approximate surface area is 160 Å². The van der Waals surface area contributed by atoms with Gasteiger partial charge in [-0.1, -0.05) is 12.1 Å². The average molecular weight is 395 g/mol. The Morgan fingerprint density at radius 3 is 2.68 bits per heavy atom. The first-order chi connectivity index (χ1) is 13.2. The van der Waals surface area contributed by atoms with Gasteiger partial charge in [-0.05, 0) is 32.4 Å². The monoisotopic (exact) mass is 395 g/mol. The van der Waals surface area contributed by atoms with Crippen molar-refractivity contribution in [3.05, 3.63) is 46.8 Å². The summed E-state index contributed by atoms with van der Waals surface area (Å²) in [4.78, 5) is 21.7. The molecule has 0 bridgehead atoms. The Morgan fingerprint density at radius 2 is 2.00 bits per heavy atom. The summed E-state index contributed by atoms with van der Waals surface area (Å²) < 4.78 is 44.6. The molecule has 2 heterocycles. The van der Waals surface area contributed by atoms with Gasteiger partial charge in [-0.2, -0.15) is 13.2 Å². The van der Waals surface area contributed by atoms with Gasteiger partial charge in [-0.25, -0.2) is 14.8 Å². The number of ether oxygens (including phenoxy) is 1. The first kappa shape index (κ1) is 19.9. The lowest BCUT2D eigenvalue weighted by Gasteiger charge is -2.19. The minimum atomic E-state index is -4.47. The Kier molecular flexibility index (Phi) is 5.44. The highest BCUT2D eigenvalue weighted by Gasteiger charge is 2.34. The van der Waals surface area contributed by atoms with Gasteiger partial charge in [0.2, 0.25) is 5.95 Å². The number of rotatable bonds is 5. The number of anilines is 1. The van der Waals surface area contributed by atoms with Gasteiger partial charge in [0.25, 0.3) is 0 Å². The second kappa shape index (κ2) is 7.65. The average Bonchev–Trinajstić information content (AvgIpc) is 3.10. The number of aromatic carboxylic acids is 1. The lowest BCUT2D eigenvalue weighted by atomic mass is 10.1. The predicted molar refractivity (Wildman–Crippen MR) is 95.7 cm³/mol. The normalized spacial score (nSPS) is 17.0. The largest absolute Gasteiger partial charge is 0.493 e. The fourth-order valence-corrected chi connectivity index (χ4v) is 3.15. The molecule has 1 saturated heterocycles. The van der Waals surface area contributed by atoms with Gasteiger partial charge in [0, 0.05) is 30.3 Å². The summed E-state index contributed by atoms with van der Waals surface area (Å²) >= 11 is 0. The number of carbonyl (C=O) groups is 1. The molecule has 0 radical (unpaired) electrons. The van der Waals surface area contributed by atoms with Crippen molar-refractivity contribution in [2.75, 3.05) is 24.6 Å². The summed E-state index contributed by atoms with van der Waals surface area (Å²) in [6.45, 7) is 4.56. The molecule has 0 amide bonds. The van der Waals surface area contributed by atoms with Crippen molar-refractivity contribution in [2.45, 2.75) is 26.4 Å². The molecule has 9 heteroatoms. The Balaban J connectivity index is 1.68. The van der Waals surface area contributed by atoms with E-state index in [0.717, 1.165) is 6.07 Å². The maximum absolute atomic E-state index is 13.1. The van der Waals surface area contributed by atoms with E-state index in [0.29, 0.717) is 36.7 Å². The van der Waals surface area contributed by atoms with E-state index in [9.17, 15) is 23.1 Å². The van der Waals surface area contributed by atoms with Crippen LogP contribution in [0.4, 0.5) is 19.1 Å². The molecule has 6 nitrogen and oxygen atoms in total. The number of nitrogens with zero attached hydrogens (tertiary/aromatic N) is 3. The summed E-state index contributed by atoms with van der Waals surface area (Å²) in [5.74, 6) is -1.00. The molecule has 1 aromatic heterocycles. The summed E-state index contributed by atoms with van der Waals surface area (Å²) in [6, 6.07) is 5.12. The highest BCUT2D eigenvalue weighted by molar-refractivity contribution is 5.87. The molecule has 0 unspecified atom stereocenters. The zero-order chi connectivity index (χ0) is 20.5. The second-order valence-electron chi connectivity index (χ2n) is 6.79. The fraction of sp³-hybridized carbons (Fsp3) is 0.421. The number of para-hydroxylation sites is 1. The molecule has 1 fully saturated rings. The molecule has 1 aliphatic heterocycles. The number of aromatic nitrogens is 2. The van der Waals surface area contributed by atoms with E-state index >= 15 is 0 Å². The van der Waals surface area contributed by atoms with E-state index in [-0.39, 0.29) is 24.0 Å². The lowest BCUT2D eigenvalue weighted by Crippen LogP contribution is -2.25. The van der Waals surface area contributed by atoms with Crippen LogP contribution < -0.4 is 9.64 Å². The minimum absolute atomic E-state index is 0.0141. The second-order valence-corrected chi connectivity index (χ2v) is 6.79. The Bertz CT molecular complexity index is 886. The smallest absolute Gasteiger partial charge is 0.419 e. The molecule has 28 heavy (non-hydrogen) atoms. The SMILES string of the molecule is Cc1nc(N2CC[C@@H](COc3ccccc3C(F)(F)F)C2)nc(C(=O)O)c1C. The van der Waals surface area contributed by atoms with Crippen molar-refractivity contribution in [3.8, 4) is 5.75 Å². The Morgan fingerprint density at radius 1 is 1.29 bits per heavy atom. The maximum Gasteiger partial charge on any atom is 0.419 e. The quantitative estimate of drug-likeness (QED) is 0.832. The van der Waals surface area contributed by atoms with Crippen LogP contribution in [0, 0.1) is 19.8 Å². The van der Waals surface area contributed by atoms with E-state index < -0.39 is 17.7 Å². The number of halogens is 3. The molecule has 0 saturated carbocycles. The van der Waals surface area contributed by atoms with Crippen LogP contribution in [0.3, 0.4) is 0 Å². The van der Waals surface area contributed by atoms with Crippen LogP contribution >= 0.6 is 0 Å². The van der Waals surface area contributed by atoms with Crippen LogP contribution in [0.1, 0.15) is 33.7 Å². The maximum atomic E-state index is 13.1. The summed E-state index contributed by atoms with van der Waals surface area (Å²) in [7, 11) is 0. The fourth-order valence-electron chi connectivity index (χ4n) is 3.15. The molecule has 1 atom stereocenters. The van der Waals surface area contributed by atoms with Gasteiger partial charge in [-0.15, -0.1) is 0 Å². The number of hydrogen-bond donors (Lipinski definition) is 1. The van der Waals surface area contributed by atoms with Crippen molar-refractivity contribution >= 4 is 11.9 Å². The molecular formula is C19H20F3N3O3. The molecule has 0 spiro atoms. The molecule has 150 valence electrons. The van der Waals surface area contributed by atoms with E-state index in [1.807, 2.05) is 4.90 Å². The van der Waals surface area contributed by atoms with Crippen molar-refractivity contribution < 1.29 is 27.8 Å². The van der Waals surface area contributed by atoms with Gasteiger partial charge < -0.3 is 14.7 Å². The molecule has 1 aliphatic rings. The van der Waals surface area contributed by atoms with Crippen LogP contribution in [0.15, 0.2) is 24.3 Å². The van der Waals surface area contributed by atoms with Crippen molar-refractivity contribution in [3.63, 3.8) is 0 Å². The van der Waals surface area contributed by atoms with Crippen LogP contribution in [0.2, 0.25) is 0 Å². The van der Waals surface area contributed by atoms with Gasteiger partial charge in [0.1, 0.15) is 5.75 Å². The van der Waals surface area contributed by atoms with Gasteiger partial charge in [-0.3, -0.25) is 0 Å². The van der Waals surface area contributed by atoms with E-state index in [1.165, 1.54) is 18.2 Å². The Hall–Kier alpha value is -2.84. The summed E-state index contributed by atoms with van der Waals surface area (Å²) in [5, 5.41) is 9.29. The van der Waals surface area contributed by atoms with E-state index in [1.54, 1.807) is 13.8 Å². The van der Waals surface area contributed by atoms with Crippen LogP contribution in [-0.2, 0) is 6.18 Å². The first-order valence-corrected chi connectivity index (χ1v) is 8.79. The number of benzene rings is 1. The third-order valence-corrected chi connectivity index (χ3v) is 4.82. The first-order valence-electron chi connectivity index (χ1n) is 8.79. The number of hydrogen-bond acceptors (Lipinski definition) is 5. The molecular weight excluding hydrogens is 375 g/mol. The van der Waals surface area contributed by atoms with Crippen molar-refractivity contribution in [1.29, 1.82) is 0 Å². The molecule has 1 N–H and O–H groups in total. The minimum Gasteiger partial charge on any atom is -0.493 e. The molecule has 1 aromatic carbocycles. The molecule has 3 rings (SSSR count). The predicted octanol–water partition coefficient (Wildman–Crippen LogP) is 3.72. The third-order valence-electron chi connectivity index (χ3n) is 4.82. The number of aryl methyl sites for hydroxylation is 1. The van der Waals surface area contributed by atoms with Crippen molar-refractivity contribution in [1.82, 2.24) is 9.97 Å². The summed E-state index contributed by atoms with van der Waals surface area (Å²) in [5.41, 5.74) is 0.259. The van der Waals surface area contributed by atoms with Crippen LogP contribution in [-0.4, -0.2) is 40.7 Å². The third kappa shape index (κ3) is 4.18. The number of carboxylic acids is 1. The van der Waals surface area contributed by atoms with Gasteiger partial charge in [0.05, 0.1) is 12.2 Å². The molecule has 2 aromatic rings. The number of alkyl halides is 3. The standard InChI is InChI=1S/C19H20F3N3O3/c1-11-12(2)23-18(24-16(11)17(26)27)25-8-7-13(9-25)10-28-15-6-4-3-5-14(15)19(20,21)22/h3-6,13H,7-10H2,1-2H3,(H,26,27)/t13-/m1/s1. The highest BCUT2D eigenvalue weighted by Crippen LogP contribution is 2.36. The zero-order valence-corrected chi connectivity index (χ0v) is 15.5. The van der Waals surface area contributed by atoms with E-state index in [2.05, 4.69) is 9.97 Å². The van der Waals surface area contributed by atoms with Gasteiger partial charge in [0.15, 0.2) is 5.69 Å². The van der Waals surface area contributed by atoms with Crippen molar-refractivity contribution in [2.24, 2.45) is 5.92 Å². The molecule has 0 aliphatic carbocycles. The lowest BCUT2D eigenvalue weighted by molar-refractivity contribution is -0.139. The summed E-state index contributed by atoms with van der Waals surface area (Å²) in [6.07, 6.45) is -3.79. The van der Waals surface area contributed by atoms with Crippen LogP contribution in [0.5, 0.6) is 5.75 Å². The van der Waals surface area contributed by atoms with E-state index in [4.69, 9.17) is 4.74 Å². The zero-order valence-electron chi connectivity index (χ0n) is 15.5.